The van der Waals surface area contributed by atoms with Gasteiger partial charge >= 0.3 is 0 Å². The highest BCUT2D eigenvalue weighted by molar-refractivity contribution is 6.16. The maximum absolute atomic E-state index is 6.11. The Labute approximate surface area is 124 Å². The standard InChI is InChI=1S/C16H21ClN2O/c1-11-3-5-12(6-4-11)19-15-9-13(20-2)7-8-14(15)18-16(19)10-17/h7-9,11-12H,3-6,10H2,1-2H3. The zero-order chi connectivity index (χ0) is 14.1. The molecule has 0 unspecified atom stereocenters. The lowest BCUT2D eigenvalue weighted by Gasteiger charge is -2.28. The molecule has 4 heteroatoms. The summed E-state index contributed by atoms with van der Waals surface area (Å²) in [6, 6.07) is 6.58. The molecule has 0 bridgehead atoms. The van der Waals surface area contributed by atoms with E-state index in [-0.39, 0.29) is 0 Å². The van der Waals surface area contributed by atoms with Gasteiger partial charge in [0.15, 0.2) is 0 Å². The van der Waals surface area contributed by atoms with Crippen molar-refractivity contribution in [3.63, 3.8) is 0 Å². The number of aromatic nitrogens is 2. The zero-order valence-electron chi connectivity index (χ0n) is 12.1. The first-order chi connectivity index (χ1) is 9.72. The highest BCUT2D eigenvalue weighted by Crippen LogP contribution is 2.36. The number of ether oxygens (including phenoxy) is 1. The Balaban J connectivity index is 2.06. The smallest absolute Gasteiger partial charge is 0.125 e. The Bertz CT molecular complexity index is 600. The third-order valence-corrected chi connectivity index (χ3v) is 4.68. The van der Waals surface area contributed by atoms with Crippen LogP contribution in [0.15, 0.2) is 18.2 Å². The van der Waals surface area contributed by atoms with Gasteiger partial charge in [0, 0.05) is 12.1 Å². The minimum Gasteiger partial charge on any atom is -0.497 e. The van der Waals surface area contributed by atoms with E-state index in [0.717, 1.165) is 28.5 Å². The summed E-state index contributed by atoms with van der Waals surface area (Å²) < 4.78 is 7.69. The average Bonchev–Trinajstić information content (AvgIpc) is 2.85. The normalized spacial score (nSPS) is 23.1. The topological polar surface area (TPSA) is 27.1 Å². The van der Waals surface area contributed by atoms with Crippen molar-refractivity contribution in [3.8, 4) is 5.75 Å². The monoisotopic (exact) mass is 292 g/mol. The Morgan fingerprint density at radius 1 is 1.30 bits per heavy atom. The van der Waals surface area contributed by atoms with Crippen molar-refractivity contribution in [2.75, 3.05) is 7.11 Å². The van der Waals surface area contributed by atoms with E-state index in [0.29, 0.717) is 11.9 Å². The van der Waals surface area contributed by atoms with E-state index < -0.39 is 0 Å². The minimum absolute atomic E-state index is 0.461. The first-order valence-corrected chi connectivity index (χ1v) is 7.87. The minimum atomic E-state index is 0.461. The van der Waals surface area contributed by atoms with Gasteiger partial charge in [0.2, 0.25) is 0 Å². The van der Waals surface area contributed by atoms with Gasteiger partial charge in [-0.15, -0.1) is 11.6 Å². The Kier molecular flexibility index (Phi) is 3.88. The van der Waals surface area contributed by atoms with Gasteiger partial charge in [-0.05, 0) is 43.7 Å². The zero-order valence-corrected chi connectivity index (χ0v) is 12.9. The third kappa shape index (κ3) is 2.39. The number of rotatable bonds is 3. The lowest BCUT2D eigenvalue weighted by atomic mass is 9.87. The predicted octanol–water partition coefficient (Wildman–Crippen LogP) is 4.53. The Hall–Kier alpha value is -1.22. The van der Waals surface area contributed by atoms with Crippen LogP contribution >= 0.6 is 11.6 Å². The number of methoxy groups -OCH3 is 1. The molecule has 3 rings (SSSR count). The van der Waals surface area contributed by atoms with Gasteiger partial charge in [-0.25, -0.2) is 4.98 Å². The summed E-state index contributed by atoms with van der Waals surface area (Å²) >= 11 is 6.11. The van der Waals surface area contributed by atoms with E-state index in [9.17, 15) is 0 Å². The molecule has 108 valence electrons. The van der Waals surface area contributed by atoms with Crippen LogP contribution in [0.4, 0.5) is 0 Å². The molecule has 20 heavy (non-hydrogen) atoms. The maximum atomic E-state index is 6.11. The molecule has 0 saturated heterocycles. The number of hydrogen-bond acceptors (Lipinski definition) is 2. The number of alkyl halides is 1. The second-order valence-corrected chi connectivity index (χ2v) is 6.07. The van der Waals surface area contributed by atoms with Crippen LogP contribution in [0.3, 0.4) is 0 Å². The van der Waals surface area contributed by atoms with Gasteiger partial charge in [-0.2, -0.15) is 0 Å². The molecule has 0 amide bonds. The second-order valence-electron chi connectivity index (χ2n) is 5.80. The van der Waals surface area contributed by atoms with Gasteiger partial charge in [0.25, 0.3) is 0 Å². The summed E-state index contributed by atoms with van der Waals surface area (Å²) in [6.07, 6.45) is 5.01. The molecule has 1 saturated carbocycles. The summed E-state index contributed by atoms with van der Waals surface area (Å²) in [5, 5.41) is 0. The molecule has 3 nitrogen and oxygen atoms in total. The van der Waals surface area contributed by atoms with Crippen LogP contribution in [-0.2, 0) is 5.88 Å². The van der Waals surface area contributed by atoms with Crippen molar-refractivity contribution >= 4 is 22.6 Å². The van der Waals surface area contributed by atoms with Crippen molar-refractivity contribution in [2.24, 2.45) is 5.92 Å². The Morgan fingerprint density at radius 2 is 2.05 bits per heavy atom. The number of fused-ring (bicyclic) bond motifs is 1. The van der Waals surface area contributed by atoms with Gasteiger partial charge < -0.3 is 9.30 Å². The molecule has 1 aromatic carbocycles. The second kappa shape index (κ2) is 5.65. The molecule has 2 aromatic rings. The summed E-state index contributed by atoms with van der Waals surface area (Å²) in [5.41, 5.74) is 2.17. The van der Waals surface area contributed by atoms with E-state index >= 15 is 0 Å². The van der Waals surface area contributed by atoms with Gasteiger partial charge in [0.05, 0.1) is 24.0 Å². The fourth-order valence-corrected chi connectivity index (χ4v) is 3.44. The van der Waals surface area contributed by atoms with Gasteiger partial charge in [0.1, 0.15) is 11.6 Å². The highest BCUT2D eigenvalue weighted by Gasteiger charge is 2.23. The molecular weight excluding hydrogens is 272 g/mol. The van der Waals surface area contributed by atoms with Crippen LogP contribution in [0.25, 0.3) is 11.0 Å². The first kappa shape index (κ1) is 13.7. The predicted molar refractivity (Wildman–Crippen MR) is 82.5 cm³/mol. The third-order valence-electron chi connectivity index (χ3n) is 4.44. The number of halogens is 1. The molecule has 1 aliphatic rings. The lowest BCUT2D eigenvalue weighted by Crippen LogP contribution is -2.18. The fraction of sp³-hybridized carbons (Fsp3) is 0.562. The largest absolute Gasteiger partial charge is 0.497 e. The first-order valence-electron chi connectivity index (χ1n) is 7.33. The van der Waals surface area contributed by atoms with Crippen molar-refractivity contribution in [1.29, 1.82) is 0 Å². The van der Waals surface area contributed by atoms with Gasteiger partial charge in [-0.1, -0.05) is 6.92 Å². The van der Waals surface area contributed by atoms with Crippen LogP contribution in [0.1, 0.15) is 44.5 Å². The molecule has 0 spiro atoms. The van der Waals surface area contributed by atoms with Crippen molar-refractivity contribution in [1.82, 2.24) is 9.55 Å². The van der Waals surface area contributed by atoms with E-state index in [1.165, 1.54) is 25.7 Å². The molecule has 0 aliphatic heterocycles. The number of hydrogen-bond donors (Lipinski definition) is 0. The molecule has 0 N–H and O–H groups in total. The van der Waals surface area contributed by atoms with Crippen LogP contribution in [-0.4, -0.2) is 16.7 Å². The molecular formula is C16H21ClN2O. The van der Waals surface area contributed by atoms with E-state index in [4.69, 9.17) is 16.3 Å². The number of imidazole rings is 1. The molecule has 0 radical (unpaired) electrons. The van der Waals surface area contributed by atoms with Crippen LogP contribution in [0, 0.1) is 5.92 Å². The summed E-state index contributed by atoms with van der Waals surface area (Å²) in [7, 11) is 1.70. The van der Waals surface area contributed by atoms with Crippen LogP contribution in [0.2, 0.25) is 0 Å². The van der Waals surface area contributed by atoms with Crippen molar-refractivity contribution in [3.05, 3.63) is 24.0 Å². The maximum Gasteiger partial charge on any atom is 0.125 e. The van der Waals surface area contributed by atoms with Crippen molar-refractivity contribution in [2.45, 2.75) is 44.5 Å². The summed E-state index contributed by atoms with van der Waals surface area (Å²) in [4.78, 5) is 4.68. The number of nitrogens with zero attached hydrogens (tertiary/aromatic N) is 2. The molecule has 1 fully saturated rings. The fourth-order valence-electron chi connectivity index (χ4n) is 3.25. The lowest BCUT2D eigenvalue weighted by molar-refractivity contribution is 0.290. The quantitative estimate of drug-likeness (QED) is 0.777. The molecule has 1 aliphatic carbocycles. The molecule has 1 heterocycles. The van der Waals surface area contributed by atoms with Crippen molar-refractivity contribution < 1.29 is 4.74 Å². The highest BCUT2D eigenvalue weighted by atomic mass is 35.5. The van der Waals surface area contributed by atoms with Gasteiger partial charge in [-0.3, -0.25) is 0 Å². The van der Waals surface area contributed by atoms with E-state index in [1.54, 1.807) is 7.11 Å². The molecule has 0 atom stereocenters. The summed E-state index contributed by atoms with van der Waals surface area (Å²) in [6.45, 7) is 2.34. The SMILES string of the molecule is COc1ccc2nc(CCl)n(C3CCC(C)CC3)c2c1. The van der Waals surface area contributed by atoms with E-state index in [1.807, 2.05) is 12.1 Å². The van der Waals surface area contributed by atoms with Crippen LogP contribution in [0.5, 0.6) is 5.75 Å². The average molecular weight is 293 g/mol. The van der Waals surface area contributed by atoms with E-state index in [2.05, 4.69) is 22.5 Å². The Morgan fingerprint density at radius 3 is 2.70 bits per heavy atom. The number of benzene rings is 1. The van der Waals surface area contributed by atoms with Crippen LogP contribution < -0.4 is 4.74 Å². The summed E-state index contributed by atoms with van der Waals surface area (Å²) in [5.74, 6) is 3.16. The molecule has 1 aromatic heterocycles.